The molecular formula is C33H51N3O. The van der Waals surface area contributed by atoms with Crippen LogP contribution in [0.15, 0.2) is 42.5 Å². The van der Waals surface area contributed by atoms with Gasteiger partial charge in [-0.15, -0.1) is 0 Å². The Morgan fingerprint density at radius 3 is 2.11 bits per heavy atom. The molecule has 4 heteroatoms. The van der Waals surface area contributed by atoms with E-state index < -0.39 is 0 Å². The first-order valence-corrected chi connectivity index (χ1v) is 15.3. The molecule has 3 rings (SSSR count). The van der Waals surface area contributed by atoms with E-state index >= 15 is 0 Å². The molecule has 1 heterocycles. The fraction of sp³-hybridized carbons (Fsp3) is 0.636. The smallest absolute Gasteiger partial charge is 0.118 e. The molecule has 0 amide bonds. The number of aromatic hydroxyl groups is 1. The Morgan fingerprint density at radius 1 is 0.676 bits per heavy atom. The summed E-state index contributed by atoms with van der Waals surface area (Å²) in [5.41, 5.74) is 4.16. The number of nitrogens with one attached hydrogen (secondary N) is 1. The largest absolute Gasteiger partial charge is 0.508 e. The highest BCUT2D eigenvalue weighted by atomic mass is 16.3. The molecule has 204 valence electrons. The van der Waals surface area contributed by atoms with Gasteiger partial charge >= 0.3 is 0 Å². The maximum atomic E-state index is 10.5. The molecule has 0 spiro atoms. The number of hydrogen-bond acceptors (Lipinski definition) is 3. The number of hydrogen-bond donors (Lipinski definition) is 2. The lowest BCUT2D eigenvalue weighted by atomic mass is 9.84. The molecule has 37 heavy (non-hydrogen) atoms. The fourth-order valence-corrected chi connectivity index (χ4v) is 5.86. The normalized spacial score (nSPS) is 13.2. The van der Waals surface area contributed by atoms with Crippen LogP contribution >= 0.6 is 0 Å². The summed E-state index contributed by atoms with van der Waals surface area (Å²) in [4.78, 5) is 0. The van der Waals surface area contributed by atoms with Gasteiger partial charge in [-0.2, -0.15) is 15.4 Å². The minimum Gasteiger partial charge on any atom is -0.508 e. The molecule has 0 aliphatic heterocycles. The molecule has 0 fully saturated rings. The summed E-state index contributed by atoms with van der Waals surface area (Å²) in [5.74, 6) is 1.56. The van der Waals surface area contributed by atoms with Gasteiger partial charge in [0.15, 0.2) is 0 Å². The number of nitrogens with zero attached hydrogens (tertiary/aromatic N) is 2. The number of fused-ring (bicyclic) bond motifs is 1. The second-order valence-electron chi connectivity index (χ2n) is 11.1. The highest BCUT2D eigenvalue weighted by Gasteiger charge is 2.19. The van der Waals surface area contributed by atoms with Crippen LogP contribution in [0.4, 0.5) is 0 Å². The first kappa shape index (κ1) is 29.2. The number of phenolic OH excluding ortho intramolecular Hbond substituents is 1. The minimum absolute atomic E-state index is 0.321. The average Bonchev–Trinajstić information content (AvgIpc) is 3.40. The van der Waals surface area contributed by atoms with E-state index in [0.717, 1.165) is 35.4 Å². The van der Waals surface area contributed by atoms with Gasteiger partial charge in [0, 0.05) is 0 Å². The van der Waals surface area contributed by atoms with Gasteiger partial charge in [0.2, 0.25) is 0 Å². The molecule has 2 aromatic carbocycles. The van der Waals surface area contributed by atoms with Crippen LogP contribution < -0.4 is 0 Å². The van der Waals surface area contributed by atoms with Crippen LogP contribution in [0, 0.1) is 5.92 Å². The number of phenols is 1. The minimum atomic E-state index is 0.321. The molecule has 2 atom stereocenters. The predicted molar refractivity (Wildman–Crippen MR) is 157 cm³/mol. The van der Waals surface area contributed by atoms with Gasteiger partial charge < -0.3 is 5.11 Å². The van der Waals surface area contributed by atoms with Crippen molar-refractivity contribution in [2.75, 3.05) is 0 Å². The number of aromatic nitrogens is 3. The third kappa shape index (κ3) is 10.1. The molecule has 0 aliphatic carbocycles. The van der Waals surface area contributed by atoms with Gasteiger partial charge in [0.1, 0.15) is 16.8 Å². The van der Waals surface area contributed by atoms with E-state index in [9.17, 15) is 5.11 Å². The van der Waals surface area contributed by atoms with Crippen molar-refractivity contribution in [3.05, 3.63) is 53.6 Å². The maximum absolute atomic E-state index is 10.5. The number of para-hydroxylation sites is 2. The monoisotopic (exact) mass is 505 g/mol. The Morgan fingerprint density at radius 2 is 1.35 bits per heavy atom. The zero-order chi connectivity index (χ0) is 26.1. The van der Waals surface area contributed by atoms with Crippen LogP contribution in [0.2, 0.25) is 0 Å². The summed E-state index contributed by atoms with van der Waals surface area (Å²) in [6.45, 7) is 4.61. The molecule has 0 saturated carbocycles. The summed E-state index contributed by atoms with van der Waals surface area (Å²) in [7, 11) is 0. The van der Waals surface area contributed by atoms with Crippen molar-refractivity contribution in [2.24, 2.45) is 5.92 Å². The van der Waals surface area contributed by atoms with E-state index in [1.165, 1.54) is 102 Å². The Kier molecular flexibility index (Phi) is 13.6. The standard InChI is InChI=1S/C33H51N3O/c1-3-5-7-8-9-10-11-12-13-19-27(18-6-4-2)20-16-22-28(26-29-21-14-15-25-32(29)37)30-23-17-24-31-33(30)35-36-34-31/h14-15,17,21,23-25,27-28,37H,3-13,16,18-20,22,26H2,1-2H3,(H,34,35,36). The summed E-state index contributed by atoms with van der Waals surface area (Å²) >= 11 is 0. The second kappa shape index (κ2) is 17.2. The predicted octanol–water partition coefficient (Wildman–Crippen LogP) is 9.89. The molecule has 3 aromatic rings. The maximum Gasteiger partial charge on any atom is 0.118 e. The Balaban J connectivity index is 1.53. The van der Waals surface area contributed by atoms with Crippen molar-refractivity contribution in [1.82, 2.24) is 15.4 Å². The van der Waals surface area contributed by atoms with Crippen LogP contribution in [0.1, 0.15) is 134 Å². The van der Waals surface area contributed by atoms with Crippen LogP contribution in [-0.4, -0.2) is 20.5 Å². The van der Waals surface area contributed by atoms with Crippen molar-refractivity contribution >= 4 is 11.0 Å². The number of rotatable bonds is 20. The summed E-state index contributed by atoms with van der Waals surface area (Å²) in [6.07, 6.45) is 22.5. The summed E-state index contributed by atoms with van der Waals surface area (Å²) in [5, 5.41) is 22.1. The third-order valence-corrected chi connectivity index (χ3v) is 8.12. The average molecular weight is 506 g/mol. The van der Waals surface area contributed by atoms with E-state index in [2.05, 4.69) is 47.5 Å². The zero-order valence-corrected chi connectivity index (χ0v) is 23.6. The van der Waals surface area contributed by atoms with Gasteiger partial charge in [0.05, 0.1) is 0 Å². The molecule has 0 bridgehead atoms. The first-order chi connectivity index (χ1) is 18.2. The zero-order valence-electron chi connectivity index (χ0n) is 23.6. The van der Waals surface area contributed by atoms with Crippen LogP contribution in [-0.2, 0) is 6.42 Å². The SMILES string of the molecule is CCCCCCCCCCCC(CCCC)CCCC(Cc1ccccc1O)c1cccc2n[nH]nc12. The third-order valence-electron chi connectivity index (χ3n) is 8.12. The topological polar surface area (TPSA) is 61.8 Å². The van der Waals surface area contributed by atoms with Crippen LogP contribution in [0.5, 0.6) is 5.75 Å². The molecule has 2 N–H and O–H groups in total. The number of H-pyrrole nitrogens is 1. The Labute approximate surface area is 225 Å². The lowest BCUT2D eigenvalue weighted by molar-refractivity contribution is 0.366. The van der Waals surface area contributed by atoms with Crippen molar-refractivity contribution < 1.29 is 5.11 Å². The first-order valence-electron chi connectivity index (χ1n) is 15.3. The van der Waals surface area contributed by atoms with Gasteiger partial charge in [-0.05, 0) is 47.9 Å². The van der Waals surface area contributed by atoms with E-state index in [0.29, 0.717) is 11.7 Å². The molecule has 0 radical (unpaired) electrons. The molecule has 4 nitrogen and oxygen atoms in total. The van der Waals surface area contributed by atoms with Crippen LogP contribution in [0.25, 0.3) is 11.0 Å². The molecule has 1 aromatic heterocycles. The number of benzene rings is 2. The second-order valence-corrected chi connectivity index (χ2v) is 11.1. The molecule has 0 aliphatic rings. The van der Waals surface area contributed by atoms with Crippen molar-refractivity contribution in [3.63, 3.8) is 0 Å². The summed E-state index contributed by atoms with van der Waals surface area (Å²) < 4.78 is 0. The van der Waals surface area contributed by atoms with E-state index in [1.807, 2.05) is 18.2 Å². The highest BCUT2D eigenvalue weighted by molar-refractivity contribution is 5.77. The Bertz CT molecular complexity index is 998. The van der Waals surface area contributed by atoms with Crippen molar-refractivity contribution in [3.8, 4) is 5.75 Å². The fourth-order valence-electron chi connectivity index (χ4n) is 5.86. The quantitative estimate of drug-likeness (QED) is 0.150. The van der Waals surface area contributed by atoms with Gasteiger partial charge in [0.25, 0.3) is 0 Å². The van der Waals surface area contributed by atoms with Crippen LogP contribution in [0.3, 0.4) is 0 Å². The number of aromatic amines is 1. The lowest BCUT2D eigenvalue weighted by Gasteiger charge is -2.21. The highest BCUT2D eigenvalue weighted by Crippen LogP contribution is 2.34. The van der Waals surface area contributed by atoms with Crippen molar-refractivity contribution in [2.45, 2.75) is 129 Å². The molecule has 2 unspecified atom stereocenters. The van der Waals surface area contributed by atoms with Gasteiger partial charge in [-0.1, -0.05) is 140 Å². The summed E-state index contributed by atoms with van der Waals surface area (Å²) in [6, 6.07) is 14.1. The van der Waals surface area contributed by atoms with Gasteiger partial charge in [-0.25, -0.2) is 0 Å². The lowest BCUT2D eigenvalue weighted by Crippen LogP contribution is -2.07. The van der Waals surface area contributed by atoms with Crippen molar-refractivity contribution in [1.29, 1.82) is 0 Å². The van der Waals surface area contributed by atoms with E-state index in [-0.39, 0.29) is 0 Å². The Hall–Kier alpha value is -2.36. The van der Waals surface area contributed by atoms with Gasteiger partial charge in [-0.3, -0.25) is 0 Å². The number of unbranched alkanes of at least 4 members (excludes halogenated alkanes) is 9. The molecular weight excluding hydrogens is 454 g/mol. The molecule has 0 saturated heterocycles. The van der Waals surface area contributed by atoms with E-state index in [1.54, 1.807) is 6.07 Å². The van der Waals surface area contributed by atoms with E-state index in [4.69, 9.17) is 0 Å².